The summed E-state index contributed by atoms with van der Waals surface area (Å²) in [5.74, 6) is 1.63. The summed E-state index contributed by atoms with van der Waals surface area (Å²) in [5, 5.41) is 5.74. The van der Waals surface area contributed by atoms with Crippen LogP contribution < -0.4 is 15.4 Å². The summed E-state index contributed by atoms with van der Waals surface area (Å²) in [5.41, 5.74) is 3.11. The first-order valence-corrected chi connectivity index (χ1v) is 13.0. The summed E-state index contributed by atoms with van der Waals surface area (Å²) in [7, 11) is 0. The molecule has 0 spiro atoms. The van der Waals surface area contributed by atoms with E-state index < -0.39 is 18.2 Å². The minimum absolute atomic E-state index is 0.0469. The van der Waals surface area contributed by atoms with Gasteiger partial charge in [0, 0.05) is 47.6 Å². The third-order valence-electron chi connectivity index (χ3n) is 6.69. The lowest BCUT2D eigenvalue weighted by Crippen LogP contribution is -2.50. The zero-order valence-corrected chi connectivity index (χ0v) is 20.3. The van der Waals surface area contributed by atoms with Crippen molar-refractivity contribution in [3.8, 4) is 5.75 Å². The molecule has 2 aromatic carbocycles. The van der Waals surface area contributed by atoms with Gasteiger partial charge in [0.05, 0.1) is 6.04 Å². The van der Waals surface area contributed by atoms with Crippen molar-refractivity contribution >= 4 is 40.5 Å². The number of nitrogens with zero attached hydrogens (tertiary/aromatic N) is 1. The standard InChI is InChI=1S/C26H26F3N3O3S/c27-26(28,29)23-8-6-16(19-3-1-2-4-22(19)35-23)14-24(33)30-18-7-5-17-13-21(25(34)31-20(17)15-18)32-9-11-36-12-10-32/h1-5,7,14-15,21,23H,6,8-13H2,(H,30,33)(H,31,34)/b16-14+. The number of nitrogens with one attached hydrogen (secondary N) is 2. The number of thioether (sulfide) groups is 1. The number of rotatable bonds is 3. The van der Waals surface area contributed by atoms with E-state index in [1.165, 1.54) is 12.1 Å². The van der Waals surface area contributed by atoms with Gasteiger partial charge in [-0.3, -0.25) is 14.5 Å². The third-order valence-corrected chi connectivity index (χ3v) is 7.63. The summed E-state index contributed by atoms with van der Waals surface area (Å²) in [6.07, 6.45) is -4.72. The molecule has 2 aromatic rings. The summed E-state index contributed by atoms with van der Waals surface area (Å²) in [6, 6.07) is 11.6. The van der Waals surface area contributed by atoms with E-state index in [9.17, 15) is 22.8 Å². The second kappa shape index (κ2) is 10.2. The maximum absolute atomic E-state index is 13.3. The monoisotopic (exact) mass is 517 g/mol. The van der Waals surface area contributed by atoms with E-state index in [0.717, 1.165) is 30.2 Å². The van der Waals surface area contributed by atoms with Crippen LogP contribution in [0.4, 0.5) is 24.5 Å². The number of fused-ring (bicyclic) bond motifs is 2. The number of halogens is 3. The highest BCUT2D eigenvalue weighted by Crippen LogP contribution is 2.39. The van der Waals surface area contributed by atoms with Gasteiger partial charge in [0.2, 0.25) is 11.8 Å². The van der Waals surface area contributed by atoms with E-state index in [0.29, 0.717) is 28.9 Å². The Balaban J connectivity index is 1.31. The average Bonchev–Trinajstić information content (AvgIpc) is 3.04. The molecule has 6 nitrogen and oxygen atoms in total. The topological polar surface area (TPSA) is 70.7 Å². The number of para-hydroxylation sites is 1. The van der Waals surface area contributed by atoms with Gasteiger partial charge in [-0.1, -0.05) is 24.3 Å². The van der Waals surface area contributed by atoms with Crippen LogP contribution in [0.2, 0.25) is 0 Å². The summed E-state index contributed by atoms with van der Waals surface area (Å²) in [6.45, 7) is 1.78. The number of anilines is 2. The summed E-state index contributed by atoms with van der Waals surface area (Å²) < 4.78 is 45.2. The lowest BCUT2D eigenvalue weighted by atomic mass is 9.97. The fourth-order valence-corrected chi connectivity index (χ4v) is 5.77. The van der Waals surface area contributed by atoms with Gasteiger partial charge < -0.3 is 15.4 Å². The fraction of sp³-hybridized carbons (Fsp3) is 0.385. The van der Waals surface area contributed by atoms with Crippen molar-refractivity contribution in [2.75, 3.05) is 35.2 Å². The Morgan fingerprint density at radius 1 is 1.17 bits per heavy atom. The molecule has 3 aliphatic heterocycles. The van der Waals surface area contributed by atoms with Crippen molar-refractivity contribution in [3.63, 3.8) is 0 Å². The number of hydrogen-bond acceptors (Lipinski definition) is 5. The van der Waals surface area contributed by atoms with Crippen molar-refractivity contribution in [2.24, 2.45) is 0 Å². The number of carbonyl (C=O) groups excluding carboxylic acids is 2. The van der Waals surface area contributed by atoms with Crippen molar-refractivity contribution < 1.29 is 27.5 Å². The first-order valence-electron chi connectivity index (χ1n) is 11.9. The number of benzene rings is 2. The lowest BCUT2D eigenvalue weighted by molar-refractivity contribution is -0.195. The van der Waals surface area contributed by atoms with E-state index in [1.54, 1.807) is 30.3 Å². The van der Waals surface area contributed by atoms with Gasteiger partial charge in [-0.25, -0.2) is 0 Å². The molecule has 2 N–H and O–H groups in total. The normalized spacial score (nSPS) is 23.6. The summed E-state index contributed by atoms with van der Waals surface area (Å²) in [4.78, 5) is 27.8. The van der Waals surface area contributed by atoms with Crippen LogP contribution in [0.3, 0.4) is 0 Å². The maximum Gasteiger partial charge on any atom is 0.425 e. The Bertz CT molecular complexity index is 1190. The Labute approximate surface area is 211 Å². The molecule has 2 unspecified atom stereocenters. The number of allylic oxidation sites excluding steroid dienone is 1. The molecule has 36 heavy (non-hydrogen) atoms. The molecule has 0 bridgehead atoms. The largest absolute Gasteiger partial charge is 0.480 e. The van der Waals surface area contributed by atoms with E-state index in [4.69, 9.17) is 4.74 Å². The van der Waals surface area contributed by atoms with Crippen molar-refractivity contribution in [2.45, 2.75) is 37.6 Å². The highest BCUT2D eigenvalue weighted by Gasteiger charge is 2.43. The molecule has 0 radical (unpaired) electrons. The zero-order valence-electron chi connectivity index (χ0n) is 19.4. The van der Waals surface area contributed by atoms with Crippen LogP contribution >= 0.6 is 11.8 Å². The molecule has 190 valence electrons. The molecule has 0 saturated carbocycles. The number of hydrogen-bond donors (Lipinski definition) is 2. The molecule has 10 heteroatoms. The second-order valence-corrected chi connectivity index (χ2v) is 10.3. The number of carbonyl (C=O) groups is 2. The van der Waals surface area contributed by atoms with Crippen LogP contribution in [-0.4, -0.2) is 59.6 Å². The molecule has 3 heterocycles. The van der Waals surface area contributed by atoms with Crippen LogP contribution in [0, 0.1) is 0 Å². The highest BCUT2D eigenvalue weighted by molar-refractivity contribution is 7.99. The van der Waals surface area contributed by atoms with Crippen molar-refractivity contribution in [3.05, 3.63) is 59.7 Å². The number of amides is 2. The molecular weight excluding hydrogens is 491 g/mol. The van der Waals surface area contributed by atoms with Crippen LogP contribution in [0.1, 0.15) is 24.0 Å². The predicted molar refractivity (Wildman–Crippen MR) is 134 cm³/mol. The van der Waals surface area contributed by atoms with Crippen molar-refractivity contribution in [1.82, 2.24) is 4.90 Å². The molecule has 0 aromatic heterocycles. The van der Waals surface area contributed by atoms with Crippen LogP contribution in [0.15, 0.2) is 48.5 Å². The van der Waals surface area contributed by atoms with Gasteiger partial charge >= 0.3 is 6.18 Å². The van der Waals surface area contributed by atoms with E-state index in [1.807, 2.05) is 17.8 Å². The lowest BCUT2D eigenvalue weighted by Gasteiger charge is -2.36. The van der Waals surface area contributed by atoms with Gasteiger partial charge in [-0.15, -0.1) is 0 Å². The molecule has 1 fully saturated rings. The molecule has 3 aliphatic rings. The molecule has 0 aliphatic carbocycles. The fourth-order valence-electron chi connectivity index (χ4n) is 4.83. The van der Waals surface area contributed by atoms with Gasteiger partial charge in [-0.2, -0.15) is 24.9 Å². The van der Waals surface area contributed by atoms with E-state index >= 15 is 0 Å². The van der Waals surface area contributed by atoms with Gasteiger partial charge in [0.1, 0.15) is 5.75 Å². The first kappa shape index (κ1) is 24.7. The molecule has 2 amide bonds. The van der Waals surface area contributed by atoms with Gasteiger partial charge in [0.15, 0.2) is 6.10 Å². The van der Waals surface area contributed by atoms with E-state index in [2.05, 4.69) is 15.5 Å². The van der Waals surface area contributed by atoms with Gasteiger partial charge in [0.25, 0.3) is 0 Å². The van der Waals surface area contributed by atoms with Crippen LogP contribution in [0.5, 0.6) is 5.75 Å². The molecule has 1 saturated heterocycles. The van der Waals surface area contributed by atoms with Gasteiger partial charge in [-0.05, 0) is 48.6 Å². The van der Waals surface area contributed by atoms with Crippen LogP contribution in [0.25, 0.3) is 5.57 Å². The highest BCUT2D eigenvalue weighted by atomic mass is 32.2. The minimum atomic E-state index is -4.50. The number of alkyl halides is 3. The Morgan fingerprint density at radius 2 is 1.94 bits per heavy atom. The Hall–Kier alpha value is -2.98. The minimum Gasteiger partial charge on any atom is -0.480 e. The second-order valence-electron chi connectivity index (χ2n) is 9.07. The molecular formula is C26H26F3N3O3S. The smallest absolute Gasteiger partial charge is 0.425 e. The van der Waals surface area contributed by atoms with Crippen LogP contribution in [-0.2, 0) is 16.0 Å². The van der Waals surface area contributed by atoms with Crippen molar-refractivity contribution in [1.29, 1.82) is 0 Å². The quantitative estimate of drug-likeness (QED) is 0.577. The third kappa shape index (κ3) is 5.39. The Morgan fingerprint density at radius 3 is 2.72 bits per heavy atom. The molecule has 5 rings (SSSR count). The molecule has 2 atom stereocenters. The SMILES string of the molecule is O=C(/C=C1\CCC(C(F)(F)F)Oc2ccccc21)Nc1ccc2c(c1)NC(=O)C(N1CCSCC1)C2. The Kier molecular flexibility index (Phi) is 6.98. The average molecular weight is 518 g/mol. The predicted octanol–water partition coefficient (Wildman–Crippen LogP) is 4.72. The van der Waals surface area contributed by atoms with E-state index in [-0.39, 0.29) is 30.5 Å². The zero-order chi connectivity index (χ0) is 25.3. The number of ether oxygens (including phenoxy) is 1. The summed E-state index contributed by atoms with van der Waals surface area (Å²) >= 11 is 1.89. The first-order chi connectivity index (χ1) is 17.3. The maximum atomic E-state index is 13.3.